The van der Waals surface area contributed by atoms with Gasteiger partial charge < -0.3 is 14.2 Å². The third-order valence-corrected chi connectivity index (χ3v) is 2.23. The van der Waals surface area contributed by atoms with Crippen molar-refractivity contribution in [2.24, 2.45) is 7.05 Å². The van der Waals surface area contributed by atoms with Gasteiger partial charge in [0.25, 0.3) is 5.89 Å². The monoisotopic (exact) mass is 222 g/mol. The van der Waals surface area contributed by atoms with Gasteiger partial charge in [-0.1, -0.05) is 18.5 Å². The van der Waals surface area contributed by atoms with Crippen LogP contribution in [0.25, 0.3) is 11.6 Å². The van der Waals surface area contributed by atoms with Crippen molar-refractivity contribution in [3.8, 4) is 11.6 Å². The normalized spacial score (nSPS) is 12.9. The van der Waals surface area contributed by atoms with E-state index in [0.29, 0.717) is 23.8 Å². The molecule has 1 atom stereocenters. The zero-order valence-corrected chi connectivity index (χ0v) is 9.29. The first-order chi connectivity index (χ1) is 7.70. The fourth-order valence-corrected chi connectivity index (χ4v) is 1.40. The van der Waals surface area contributed by atoms with Gasteiger partial charge in [-0.15, -0.1) is 0 Å². The average molecular weight is 222 g/mol. The lowest BCUT2D eigenvalue weighted by Gasteiger charge is -2.00. The van der Waals surface area contributed by atoms with Gasteiger partial charge in [0.05, 0.1) is 6.33 Å². The summed E-state index contributed by atoms with van der Waals surface area (Å²) < 4.78 is 6.83. The third kappa shape index (κ3) is 2.11. The van der Waals surface area contributed by atoms with Gasteiger partial charge in [0.2, 0.25) is 5.82 Å². The van der Waals surface area contributed by atoms with E-state index in [4.69, 9.17) is 4.52 Å². The number of hydrogen-bond donors (Lipinski definition) is 1. The second kappa shape index (κ2) is 4.44. The van der Waals surface area contributed by atoms with Crippen molar-refractivity contribution in [3.05, 3.63) is 18.3 Å². The van der Waals surface area contributed by atoms with Crippen molar-refractivity contribution in [2.75, 3.05) is 0 Å². The molecular weight excluding hydrogens is 208 g/mol. The highest BCUT2D eigenvalue weighted by molar-refractivity contribution is 5.44. The number of hydrogen-bond acceptors (Lipinski definition) is 5. The summed E-state index contributed by atoms with van der Waals surface area (Å²) in [5, 5.41) is 13.4. The van der Waals surface area contributed by atoms with Gasteiger partial charge in [-0.05, 0) is 6.42 Å². The highest BCUT2D eigenvalue weighted by Crippen LogP contribution is 2.19. The van der Waals surface area contributed by atoms with Gasteiger partial charge in [0.1, 0.15) is 11.8 Å². The van der Waals surface area contributed by atoms with Crippen LogP contribution in [0.15, 0.2) is 17.0 Å². The Morgan fingerprint density at radius 1 is 1.56 bits per heavy atom. The molecule has 6 heteroatoms. The highest BCUT2D eigenvalue weighted by Gasteiger charge is 2.16. The van der Waals surface area contributed by atoms with Crippen LogP contribution in [-0.2, 0) is 7.05 Å². The molecule has 0 aliphatic carbocycles. The van der Waals surface area contributed by atoms with E-state index in [1.54, 1.807) is 17.1 Å². The molecule has 0 aromatic carbocycles. The Bertz CT molecular complexity index is 463. The quantitative estimate of drug-likeness (QED) is 0.843. The van der Waals surface area contributed by atoms with Gasteiger partial charge >= 0.3 is 0 Å². The van der Waals surface area contributed by atoms with Crippen molar-refractivity contribution in [1.29, 1.82) is 0 Å². The summed E-state index contributed by atoms with van der Waals surface area (Å²) in [7, 11) is 1.86. The molecule has 2 aromatic rings. The van der Waals surface area contributed by atoms with Gasteiger partial charge in [0, 0.05) is 13.2 Å². The van der Waals surface area contributed by atoms with E-state index < -0.39 is 6.10 Å². The first-order valence-corrected chi connectivity index (χ1v) is 5.20. The second-order valence-corrected chi connectivity index (χ2v) is 3.69. The Morgan fingerprint density at radius 3 is 3.00 bits per heavy atom. The van der Waals surface area contributed by atoms with Crippen LogP contribution in [-0.4, -0.2) is 24.8 Å². The molecule has 0 aliphatic rings. The van der Waals surface area contributed by atoms with Gasteiger partial charge in [-0.3, -0.25) is 0 Å². The SMILES string of the molecule is CCCC(O)c1noc(-c2cn(C)cn2)n1. The average Bonchev–Trinajstić information content (AvgIpc) is 2.85. The predicted octanol–water partition coefficient (Wildman–Crippen LogP) is 1.30. The molecule has 0 spiro atoms. The number of aliphatic hydroxyl groups excluding tert-OH is 1. The fraction of sp³-hybridized carbons (Fsp3) is 0.500. The highest BCUT2D eigenvalue weighted by atomic mass is 16.5. The molecule has 86 valence electrons. The summed E-state index contributed by atoms with van der Waals surface area (Å²) in [6.07, 6.45) is 4.27. The molecule has 0 bridgehead atoms. The van der Waals surface area contributed by atoms with Crippen LogP contribution >= 0.6 is 0 Å². The Balaban J connectivity index is 2.19. The number of nitrogens with zero attached hydrogens (tertiary/aromatic N) is 4. The predicted molar refractivity (Wildman–Crippen MR) is 56.4 cm³/mol. The topological polar surface area (TPSA) is 77.0 Å². The van der Waals surface area contributed by atoms with E-state index in [1.165, 1.54) is 0 Å². The summed E-state index contributed by atoms with van der Waals surface area (Å²) in [4.78, 5) is 8.20. The van der Waals surface area contributed by atoms with Gasteiger partial charge in [0.15, 0.2) is 0 Å². The molecule has 0 aliphatic heterocycles. The molecule has 0 radical (unpaired) electrons. The maximum Gasteiger partial charge on any atom is 0.278 e. The molecule has 2 aromatic heterocycles. The maximum absolute atomic E-state index is 9.68. The Kier molecular flexibility index (Phi) is 3.00. The lowest BCUT2D eigenvalue weighted by atomic mass is 10.2. The summed E-state index contributed by atoms with van der Waals surface area (Å²) in [6, 6.07) is 0. The Morgan fingerprint density at radius 2 is 2.38 bits per heavy atom. The van der Waals surface area contributed by atoms with Crippen LogP contribution in [0, 0.1) is 0 Å². The summed E-state index contributed by atoms with van der Waals surface area (Å²) in [5.74, 6) is 0.660. The Hall–Kier alpha value is -1.69. The minimum absolute atomic E-state index is 0.322. The molecule has 6 nitrogen and oxygen atoms in total. The molecule has 16 heavy (non-hydrogen) atoms. The molecule has 0 saturated heterocycles. The van der Waals surface area contributed by atoms with Crippen molar-refractivity contribution in [1.82, 2.24) is 19.7 Å². The molecule has 2 heterocycles. The summed E-state index contributed by atoms with van der Waals surface area (Å²) in [5.41, 5.74) is 0.616. The van der Waals surface area contributed by atoms with Crippen LogP contribution < -0.4 is 0 Å². The van der Waals surface area contributed by atoms with Crippen LogP contribution in [0.5, 0.6) is 0 Å². The minimum Gasteiger partial charge on any atom is -0.385 e. The number of aromatic nitrogens is 4. The van der Waals surface area contributed by atoms with Crippen LogP contribution in [0.1, 0.15) is 31.7 Å². The number of imidazole rings is 1. The molecule has 0 saturated carbocycles. The van der Waals surface area contributed by atoms with E-state index in [2.05, 4.69) is 15.1 Å². The molecule has 0 fully saturated rings. The number of aliphatic hydroxyl groups is 1. The lowest BCUT2D eigenvalue weighted by Crippen LogP contribution is -1.98. The molecule has 2 rings (SSSR count). The molecule has 0 amide bonds. The van der Waals surface area contributed by atoms with E-state index >= 15 is 0 Å². The van der Waals surface area contributed by atoms with E-state index in [-0.39, 0.29) is 0 Å². The van der Waals surface area contributed by atoms with Crippen molar-refractivity contribution >= 4 is 0 Å². The van der Waals surface area contributed by atoms with Crippen molar-refractivity contribution in [3.63, 3.8) is 0 Å². The van der Waals surface area contributed by atoms with Crippen molar-refractivity contribution < 1.29 is 9.63 Å². The standard InChI is InChI=1S/C10H14N4O2/c1-3-4-8(15)9-12-10(16-13-9)7-5-14(2)6-11-7/h5-6,8,15H,3-4H2,1-2H3. The summed E-state index contributed by atoms with van der Waals surface area (Å²) in [6.45, 7) is 1.99. The van der Waals surface area contributed by atoms with E-state index in [0.717, 1.165) is 6.42 Å². The van der Waals surface area contributed by atoms with Crippen LogP contribution in [0.2, 0.25) is 0 Å². The zero-order valence-electron chi connectivity index (χ0n) is 9.29. The molecule has 1 unspecified atom stereocenters. The lowest BCUT2D eigenvalue weighted by molar-refractivity contribution is 0.153. The van der Waals surface area contributed by atoms with Gasteiger partial charge in [-0.2, -0.15) is 4.98 Å². The van der Waals surface area contributed by atoms with Crippen LogP contribution in [0.3, 0.4) is 0 Å². The smallest absolute Gasteiger partial charge is 0.278 e. The largest absolute Gasteiger partial charge is 0.385 e. The van der Waals surface area contributed by atoms with E-state index in [1.807, 2.05) is 14.0 Å². The third-order valence-electron chi connectivity index (χ3n) is 2.23. The van der Waals surface area contributed by atoms with Crippen molar-refractivity contribution in [2.45, 2.75) is 25.9 Å². The first-order valence-electron chi connectivity index (χ1n) is 5.20. The maximum atomic E-state index is 9.68. The van der Waals surface area contributed by atoms with Gasteiger partial charge in [-0.25, -0.2) is 4.98 Å². The van der Waals surface area contributed by atoms with E-state index in [9.17, 15) is 5.11 Å². The minimum atomic E-state index is -0.661. The zero-order chi connectivity index (χ0) is 11.5. The molecule has 1 N–H and O–H groups in total. The number of aryl methyl sites for hydroxylation is 1. The second-order valence-electron chi connectivity index (χ2n) is 3.69. The first kappa shape index (κ1) is 10.8. The summed E-state index contributed by atoms with van der Waals surface area (Å²) >= 11 is 0. The number of rotatable bonds is 4. The Labute approximate surface area is 92.9 Å². The molecular formula is C10H14N4O2. The fourth-order valence-electron chi connectivity index (χ4n) is 1.40. The van der Waals surface area contributed by atoms with Crippen LogP contribution in [0.4, 0.5) is 0 Å².